The number of piperidine rings is 1. The highest BCUT2D eigenvalue weighted by Crippen LogP contribution is 2.19. The number of benzene rings is 1. The van der Waals surface area contributed by atoms with Crippen molar-refractivity contribution in [2.24, 2.45) is 5.92 Å². The van der Waals surface area contributed by atoms with Crippen molar-refractivity contribution in [2.75, 3.05) is 19.6 Å². The second kappa shape index (κ2) is 7.37. The van der Waals surface area contributed by atoms with Gasteiger partial charge in [-0.05, 0) is 49.1 Å². The Morgan fingerprint density at radius 2 is 1.88 bits per heavy atom. The van der Waals surface area contributed by atoms with E-state index < -0.39 is 15.8 Å². The zero-order valence-corrected chi connectivity index (χ0v) is 14.3. The van der Waals surface area contributed by atoms with Gasteiger partial charge in [0.05, 0.1) is 16.7 Å². The molecule has 1 aromatic carbocycles. The fourth-order valence-electron chi connectivity index (χ4n) is 2.83. The van der Waals surface area contributed by atoms with Crippen LogP contribution in [0.2, 0.25) is 0 Å². The van der Waals surface area contributed by atoms with E-state index in [-0.39, 0.29) is 16.7 Å². The van der Waals surface area contributed by atoms with Gasteiger partial charge in [0.15, 0.2) is 0 Å². The van der Waals surface area contributed by atoms with Crippen LogP contribution in [0.3, 0.4) is 0 Å². The minimum Gasteiger partial charge on any atom is -0.472 e. The molecule has 2 heterocycles. The van der Waals surface area contributed by atoms with Crippen molar-refractivity contribution in [3.8, 4) is 0 Å². The molecule has 1 aliphatic heterocycles. The van der Waals surface area contributed by atoms with E-state index in [9.17, 15) is 17.6 Å². The first kappa shape index (κ1) is 17.6. The van der Waals surface area contributed by atoms with Crippen LogP contribution in [0.15, 0.2) is 52.2 Å². The fourth-order valence-corrected chi connectivity index (χ4v) is 3.95. The molecule has 0 aliphatic carbocycles. The van der Waals surface area contributed by atoms with E-state index >= 15 is 0 Å². The number of carbonyl (C=O) groups excluding carboxylic acids is 1. The molecular weight excluding hydrogens is 347 g/mol. The number of furan rings is 1. The maximum absolute atomic E-state index is 12.9. The Morgan fingerprint density at radius 1 is 1.20 bits per heavy atom. The number of hydrogen-bond donors (Lipinski definition) is 1. The molecular formula is C17H19FN2O4S. The zero-order valence-electron chi connectivity index (χ0n) is 13.5. The lowest BCUT2D eigenvalue weighted by Crippen LogP contribution is -2.41. The lowest BCUT2D eigenvalue weighted by Gasteiger charge is -2.31. The summed E-state index contributed by atoms with van der Waals surface area (Å²) < 4.78 is 44.8. The summed E-state index contributed by atoms with van der Waals surface area (Å²) in [5, 5.41) is 0. The Kier molecular flexibility index (Phi) is 5.19. The standard InChI is InChI=1S/C17H19FN2O4S/c18-15-1-3-16(4-2-15)25(22,23)19-11-13-5-8-20(9-6-13)17(21)14-7-10-24-12-14/h1-4,7,10,12-13,19H,5-6,8-9,11H2. The van der Waals surface area contributed by atoms with Crippen LogP contribution in [0.4, 0.5) is 4.39 Å². The lowest BCUT2D eigenvalue weighted by atomic mass is 9.97. The molecule has 0 bridgehead atoms. The van der Waals surface area contributed by atoms with Gasteiger partial charge in [-0.1, -0.05) is 0 Å². The topological polar surface area (TPSA) is 79.6 Å². The zero-order chi connectivity index (χ0) is 17.9. The highest BCUT2D eigenvalue weighted by Gasteiger charge is 2.25. The first-order valence-corrected chi connectivity index (χ1v) is 9.51. The average Bonchev–Trinajstić information content (AvgIpc) is 3.15. The molecule has 3 rings (SSSR count). The summed E-state index contributed by atoms with van der Waals surface area (Å²) in [5.74, 6) is -0.392. The fraction of sp³-hybridized carbons (Fsp3) is 0.353. The molecule has 134 valence electrons. The number of rotatable bonds is 5. The Bertz CT molecular complexity index is 811. The van der Waals surface area contributed by atoms with E-state index in [4.69, 9.17) is 4.42 Å². The van der Waals surface area contributed by atoms with E-state index in [2.05, 4.69) is 4.72 Å². The van der Waals surface area contributed by atoms with Crippen molar-refractivity contribution in [3.63, 3.8) is 0 Å². The summed E-state index contributed by atoms with van der Waals surface area (Å²) in [5.41, 5.74) is 0.524. The van der Waals surface area contributed by atoms with Gasteiger partial charge in [0.25, 0.3) is 5.91 Å². The van der Waals surface area contributed by atoms with Crippen molar-refractivity contribution in [2.45, 2.75) is 17.7 Å². The van der Waals surface area contributed by atoms with Crippen LogP contribution in [0.1, 0.15) is 23.2 Å². The van der Waals surface area contributed by atoms with Gasteiger partial charge in [-0.3, -0.25) is 4.79 Å². The van der Waals surface area contributed by atoms with Crippen LogP contribution < -0.4 is 4.72 Å². The van der Waals surface area contributed by atoms with Crippen LogP contribution >= 0.6 is 0 Å². The third-order valence-corrected chi connectivity index (χ3v) is 5.80. The monoisotopic (exact) mass is 366 g/mol. The van der Waals surface area contributed by atoms with Crippen LogP contribution in [0, 0.1) is 11.7 Å². The Balaban J connectivity index is 1.51. The van der Waals surface area contributed by atoms with Crippen LogP contribution in [-0.4, -0.2) is 38.9 Å². The molecule has 1 amide bonds. The quantitative estimate of drug-likeness (QED) is 0.880. The smallest absolute Gasteiger partial charge is 0.257 e. The summed E-state index contributed by atoms with van der Waals surface area (Å²) in [6, 6.07) is 6.35. The van der Waals surface area contributed by atoms with Crippen LogP contribution in [-0.2, 0) is 10.0 Å². The van der Waals surface area contributed by atoms with E-state index in [0.717, 1.165) is 25.0 Å². The number of halogens is 1. The number of amides is 1. The van der Waals surface area contributed by atoms with Crippen LogP contribution in [0.5, 0.6) is 0 Å². The highest BCUT2D eigenvalue weighted by atomic mass is 32.2. The van der Waals surface area contributed by atoms with Gasteiger partial charge >= 0.3 is 0 Å². The van der Waals surface area contributed by atoms with Crippen LogP contribution in [0.25, 0.3) is 0 Å². The first-order valence-electron chi connectivity index (χ1n) is 8.02. The molecule has 6 nitrogen and oxygen atoms in total. The van der Waals surface area contributed by atoms with Gasteiger partial charge in [-0.25, -0.2) is 17.5 Å². The minimum absolute atomic E-state index is 0.0430. The number of likely N-dealkylation sites (tertiary alicyclic amines) is 1. The molecule has 0 atom stereocenters. The van der Waals surface area contributed by atoms with Crippen molar-refractivity contribution >= 4 is 15.9 Å². The Labute approximate surface area is 145 Å². The summed E-state index contributed by atoms with van der Waals surface area (Å²) in [6.07, 6.45) is 4.32. The first-order chi connectivity index (χ1) is 12.0. The summed E-state index contributed by atoms with van der Waals surface area (Å²) in [4.78, 5) is 14.0. The predicted molar refractivity (Wildman–Crippen MR) is 88.9 cm³/mol. The predicted octanol–water partition coefficient (Wildman–Crippen LogP) is 2.25. The van der Waals surface area contributed by atoms with Gasteiger partial charge in [-0.2, -0.15) is 0 Å². The maximum Gasteiger partial charge on any atom is 0.257 e. The van der Waals surface area contributed by atoms with Gasteiger partial charge in [0.2, 0.25) is 10.0 Å². The van der Waals surface area contributed by atoms with Gasteiger partial charge < -0.3 is 9.32 Å². The van der Waals surface area contributed by atoms with Gasteiger partial charge in [0, 0.05) is 19.6 Å². The molecule has 0 radical (unpaired) electrons. The maximum atomic E-state index is 12.9. The highest BCUT2D eigenvalue weighted by molar-refractivity contribution is 7.89. The molecule has 0 saturated carbocycles. The molecule has 0 spiro atoms. The Hall–Kier alpha value is -2.19. The average molecular weight is 366 g/mol. The third kappa shape index (κ3) is 4.26. The van der Waals surface area contributed by atoms with Gasteiger partial charge in [-0.15, -0.1) is 0 Å². The number of hydrogen-bond acceptors (Lipinski definition) is 4. The number of nitrogens with one attached hydrogen (secondary N) is 1. The molecule has 1 N–H and O–H groups in total. The molecule has 1 saturated heterocycles. The van der Waals surface area contributed by atoms with E-state index in [1.165, 1.54) is 24.7 Å². The minimum atomic E-state index is -3.65. The van der Waals surface area contributed by atoms with Crippen molar-refractivity contribution < 1.29 is 22.0 Å². The number of carbonyl (C=O) groups is 1. The number of nitrogens with zero attached hydrogens (tertiary/aromatic N) is 1. The summed E-state index contributed by atoms with van der Waals surface area (Å²) in [6.45, 7) is 1.45. The Morgan fingerprint density at radius 3 is 2.48 bits per heavy atom. The molecule has 1 fully saturated rings. The number of sulfonamides is 1. The second-order valence-corrected chi connectivity index (χ2v) is 7.82. The second-order valence-electron chi connectivity index (χ2n) is 6.05. The molecule has 0 unspecified atom stereocenters. The molecule has 8 heteroatoms. The van der Waals surface area contributed by atoms with Crippen molar-refractivity contribution in [1.29, 1.82) is 0 Å². The summed E-state index contributed by atoms with van der Waals surface area (Å²) in [7, 11) is -3.65. The van der Waals surface area contributed by atoms with Gasteiger partial charge in [0.1, 0.15) is 12.1 Å². The van der Waals surface area contributed by atoms with E-state index in [1.54, 1.807) is 11.0 Å². The van der Waals surface area contributed by atoms with Crippen molar-refractivity contribution in [3.05, 3.63) is 54.2 Å². The third-order valence-electron chi connectivity index (χ3n) is 4.36. The molecule has 1 aliphatic rings. The van der Waals surface area contributed by atoms with E-state index in [0.29, 0.717) is 25.2 Å². The normalized spacial score (nSPS) is 16.1. The molecule has 25 heavy (non-hydrogen) atoms. The summed E-state index contributed by atoms with van der Waals surface area (Å²) >= 11 is 0. The largest absolute Gasteiger partial charge is 0.472 e. The van der Waals surface area contributed by atoms with Crippen molar-refractivity contribution in [1.82, 2.24) is 9.62 Å². The van der Waals surface area contributed by atoms with E-state index in [1.807, 2.05) is 0 Å². The molecule has 2 aromatic rings. The lowest BCUT2D eigenvalue weighted by molar-refractivity contribution is 0.0691. The molecule has 1 aromatic heterocycles. The SMILES string of the molecule is O=C(c1ccoc1)N1CCC(CNS(=O)(=O)c2ccc(F)cc2)CC1.